The van der Waals surface area contributed by atoms with Crippen LogP contribution in [0.3, 0.4) is 0 Å². The van der Waals surface area contributed by atoms with Crippen molar-refractivity contribution in [2.75, 3.05) is 25.2 Å². The summed E-state index contributed by atoms with van der Waals surface area (Å²) in [6, 6.07) is 7.35. The van der Waals surface area contributed by atoms with Crippen molar-refractivity contribution in [1.29, 1.82) is 0 Å². The maximum absolute atomic E-state index is 14.5. The molecule has 0 aromatic heterocycles. The summed E-state index contributed by atoms with van der Waals surface area (Å²) in [6.45, 7) is 10.1. The number of amides is 1. The lowest BCUT2D eigenvalue weighted by molar-refractivity contribution is -0.160. The van der Waals surface area contributed by atoms with Crippen LogP contribution in [0.25, 0.3) is 0 Å². The number of rotatable bonds is 1. The monoisotopic (exact) mass is 456 g/mol. The molecule has 5 rings (SSSR count). The number of anilines is 1. The number of carbonyl (C=O) groups is 3. The molecule has 3 fully saturated rings. The van der Waals surface area contributed by atoms with Gasteiger partial charge in [-0.3, -0.25) is 14.5 Å². The van der Waals surface area contributed by atoms with Crippen molar-refractivity contribution < 1.29 is 28.6 Å². The Morgan fingerprint density at radius 3 is 2.55 bits per heavy atom. The van der Waals surface area contributed by atoms with E-state index in [0.717, 1.165) is 11.3 Å². The van der Waals surface area contributed by atoms with Crippen molar-refractivity contribution in [1.82, 2.24) is 4.90 Å². The van der Waals surface area contributed by atoms with E-state index in [2.05, 4.69) is 4.90 Å². The van der Waals surface area contributed by atoms with Crippen molar-refractivity contribution in [3.05, 3.63) is 29.8 Å². The van der Waals surface area contributed by atoms with Gasteiger partial charge in [-0.2, -0.15) is 0 Å². The van der Waals surface area contributed by atoms with Gasteiger partial charge in [-0.05, 0) is 31.9 Å². The lowest BCUT2D eigenvalue weighted by Gasteiger charge is -2.54. The van der Waals surface area contributed by atoms with Gasteiger partial charge in [-0.25, -0.2) is 4.79 Å². The largest absolute Gasteiger partial charge is 0.467 e. The molecule has 8 nitrogen and oxygen atoms in total. The number of hydrogen-bond acceptors (Lipinski definition) is 7. The van der Waals surface area contributed by atoms with Crippen molar-refractivity contribution >= 4 is 23.3 Å². The highest BCUT2D eigenvalue weighted by Gasteiger charge is 2.79. The maximum atomic E-state index is 14.5. The van der Waals surface area contributed by atoms with Crippen LogP contribution in [0, 0.1) is 10.8 Å². The molecule has 0 radical (unpaired) electrons. The first-order valence-corrected chi connectivity index (χ1v) is 11.6. The SMILES string of the molecule is COC(=O)[C@]12CO[C@H](C(C)(C)C)N1C(=O)[C@@]1(Cc3ccccc3N3C[C@H](C)O[C@H](C)[C@H]31)C2=O. The third kappa shape index (κ3) is 2.68. The van der Waals surface area contributed by atoms with Gasteiger partial charge in [0.1, 0.15) is 11.6 Å². The van der Waals surface area contributed by atoms with Gasteiger partial charge in [0.15, 0.2) is 5.78 Å². The molecular weight excluding hydrogens is 424 g/mol. The van der Waals surface area contributed by atoms with Crippen LogP contribution in [0.1, 0.15) is 40.2 Å². The molecule has 4 aliphatic rings. The number of morpholine rings is 1. The summed E-state index contributed by atoms with van der Waals surface area (Å²) in [5.41, 5.74) is -1.82. The molecule has 0 bridgehead atoms. The van der Waals surface area contributed by atoms with Gasteiger partial charge in [0.25, 0.3) is 0 Å². The zero-order chi connectivity index (χ0) is 23.9. The fraction of sp³-hybridized carbons (Fsp3) is 0.640. The number of ketones is 1. The Bertz CT molecular complexity index is 1030. The predicted octanol–water partition coefficient (Wildman–Crippen LogP) is 1.94. The number of hydrogen-bond donors (Lipinski definition) is 0. The zero-order valence-corrected chi connectivity index (χ0v) is 20.1. The maximum Gasteiger partial charge on any atom is 0.342 e. The van der Waals surface area contributed by atoms with Crippen LogP contribution in [0.5, 0.6) is 0 Å². The van der Waals surface area contributed by atoms with Gasteiger partial charge in [-0.15, -0.1) is 0 Å². The summed E-state index contributed by atoms with van der Waals surface area (Å²) in [7, 11) is 1.25. The van der Waals surface area contributed by atoms with Crippen LogP contribution < -0.4 is 4.90 Å². The average molecular weight is 457 g/mol. The molecule has 4 heterocycles. The van der Waals surface area contributed by atoms with E-state index in [0.29, 0.717) is 6.54 Å². The van der Waals surface area contributed by atoms with Crippen LogP contribution in [-0.2, 0) is 35.0 Å². The first-order valence-electron chi connectivity index (χ1n) is 11.6. The molecule has 1 aromatic rings. The molecule has 33 heavy (non-hydrogen) atoms. The van der Waals surface area contributed by atoms with Gasteiger partial charge in [0, 0.05) is 17.6 Å². The molecule has 0 aliphatic carbocycles. The first kappa shape index (κ1) is 22.3. The lowest BCUT2D eigenvalue weighted by Crippen LogP contribution is -2.68. The van der Waals surface area contributed by atoms with E-state index in [4.69, 9.17) is 14.2 Å². The van der Waals surface area contributed by atoms with Crippen LogP contribution in [0.15, 0.2) is 24.3 Å². The fourth-order valence-electron chi connectivity index (χ4n) is 6.54. The van der Waals surface area contributed by atoms with E-state index in [9.17, 15) is 14.4 Å². The lowest BCUT2D eigenvalue weighted by atomic mass is 9.64. The number of Topliss-reactive ketones (excluding diaryl/α,β-unsaturated/α-hetero) is 1. The summed E-state index contributed by atoms with van der Waals surface area (Å²) in [6.07, 6.45) is -0.961. The Kier molecular flexibility index (Phi) is 4.76. The summed E-state index contributed by atoms with van der Waals surface area (Å²) in [5, 5.41) is 0. The van der Waals surface area contributed by atoms with E-state index in [1.54, 1.807) is 0 Å². The minimum Gasteiger partial charge on any atom is -0.467 e. The molecule has 0 unspecified atom stereocenters. The summed E-state index contributed by atoms with van der Waals surface area (Å²) >= 11 is 0. The topological polar surface area (TPSA) is 85.4 Å². The molecule has 8 heteroatoms. The second kappa shape index (κ2) is 7.03. The number of esters is 1. The number of benzene rings is 1. The molecule has 4 aliphatic heterocycles. The number of carbonyl (C=O) groups excluding carboxylic acids is 3. The quantitative estimate of drug-likeness (QED) is 0.472. The first-order chi connectivity index (χ1) is 15.5. The molecule has 178 valence electrons. The summed E-state index contributed by atoms with van der Waals surface area (Å²) in [5.74, 6) is -1.55. The highest BCUT2D eigenvalue weighted by Crippen LogP contribution is 2.56. The molecule has 0 saturated carbocycles. The van der Waals surface area contributed by atoms with E-state index in [-0.39, 0.29) is 25.0 Å². The molecular formula is C25H32N2O6. The Hall–Kier alpha value is -2.45. The van der Waals surface area contributed by atoms with Gasteiger partial charge >= 0.3 is 5.97 Å². The standard InChI is InChI=1S/C25H32N2O6/c1-14-12-26-17-10-8-7-9-16(17)11-24(18(26)15(2)33-14)19(28)25(22(30)31-6)13-32-21(23(3,4)5)27(25)20(24)29/h7-10,14-15,18,21H,11-13H2,1-6H3/t14-,15+,18-,21+,24+,25+/m0/s1. The minimum atomic E-state index is -1.79. The molecule has 6 atom stereocenters. The van der Waals surface area contributed by atoms with Crippen LogP contribution in [0.4, 0.5) is 5.69 Å². The van der Waals surface area contributed by atoms with E-state index in [1.807, 2.05) is 58.9 Å². The van der Waals surface area contributed by atoms with Crippen molar-refractivity contribution in [2.45, 2.75) is 71.1 Å². The second-order valence-corrected chi connectivity index (χ2v) is 10.9. The van der Waals surface area contributed by atoms with E-state index < -0.39 is 46.5 Å². The molecule has 3 saturated heterocycles. The van der Waals surface area contributed by atoms with Crippen LogP contribution >= 0.6 is 0 Å². The Morgan fingerprint density at radius 1 is 1.18 bits per heavy atom. The van der Waals surface area contributed by atoms with Gasteiger partial charge in [-0.1, -0.05) is 39.0 Å². The van der Waals surface area contributed by atoms with Gasteiger partial charge < -0.3 is 19.1 Å². The Labute approximate surface area is 194 Å². The Morgan fingerprint density at radius 2 is 1.88 bits per heavy atom. The summed E-state index contributed by atoms with van der Waals surface area (Å²) in [4.78, 5) is 45.8. The highest BCUT2D eigenvalue weighted by molar-refractivity contribution is 6.27. The third-order valence-corrected chi connectivity index (χ3v) is 7.70. The van der Waals surface area contributed by atoms with Gasteiger partial charge in [0.2, 0.25) is 11.4 Å². The fourth-order valence-corrected chi connectivity index (χ4v) is 6.54. The van der Waals surface area contributed by atoms with Crippen molar-refractivity contribution in [3.63, 3.8) is 0 Å². The predicted molar refractivity (Wildman–Crippen MR) is 120 cm³/mol. The molecule has 1 spiro atoms. The Balaban J connectivity index is 1.75. The normalized spacial score (nSPS) is 37.8. The van der Waals surface area contributed by atoms with E-state index >= 15 is 0 Å². The zero-order valence-electron chi connectivity index (χ0n) is 20.1. The smallest absolute Gasteiger partial charge is 0.342 e. The molecule has 1 amide bonds. The van der Waals surface area contributed by atoms with Gasteiger partial charge in [0.05, 0.1) is 32.0 Å². The highest BCUT2D eigenvalue weighted by atomic mass is 16.6. The third-order valence-electron chi connectivity index (χ3n) is 7.70. The number of para-hydroxylation sites is 1. The minimum absolute atomic E-state index is 0.0638. The molecule has 0 N–H and O–H groups in total. The van der Waals surface area contributed by atoms with Crippen molar-refractivity contribution in [3.8, 4) is 0 Å². The van der Waals surface area contributed by atoms with Crippen molar-refractivity contribution in [2.24, 2.45) is 10.8 Å². The molecule has 1 aromatic carbocycles. The van der Waals surface area contributed by atoms with Crippen LogP contribution in [-0.4, -0.2) is 72.8 Å². The average Bonchev–Trinajstić information content (AvgIpc) is 3.24. The number of nitrogens with zero attached hydrogens (tertiary/aromatic N) is 2. The number of methoxy groups -OCH3 is 1. The number of ether oxygens (including phenoxy) is 3. The number of fused-ring (bicyclic) bond motifs is 5. The van der Waals surface area contributed by atoms with Crippen LogP contribution in [0.2, 0.25) is 0 Å². The second-order valence-electron chi connectivity index (χ2n) is 10.9. The van der Waals surface area contributed by atoms with E-state index in [1.165, 1.54) is 12.0 Å². The summed E-state index contributed by atoms with van der Waals surface area (Å²) < 4.78 is 17.3.